The number of amides is 1. The summed E-state index contributed by atoms with van der Waals surface area (Å²) in [6.07, 6.45) is 0. The molecule has 10 heteroatoms. The Bertz CT molecular complexity index is 1280. The van der Waals surface area contributed by atoms with Crippen molar-refractivity contribution in [2.24, 2.45) is 5.10 Å². The van der Waals surface area contributed by atoms with E-state index in [9.17, 15) is 24.8 Å². The first kappa shape index (κ1) is 22.6. The first-order valence-electron chi connectivity index (χ1n) is 9.35. The predicted octanol–water partition coefficient (Wildman–Crippen LogP) is 4.50. The molecule has 0 spiro atoms. The molecular weight excluding hydrogens is 434 g/mol. The third-order valence-corrected chi connectivity index (χ3v) is 5.95. The molecule has 3 aromatic rings. The number of aromatic hydroxyl groups is 1. The van der Waals surface area contributed by atoms with Crippen molar-refractivity contribution in [2.45, 2.75) is 20.8 Å². The predicted molar refractivity (Wildman–Crippen MR) is 121 cm³/mol. The minimum absolute atomic E-state index is 0.0372. The number of benzene rings is 2. The molecule has 0 aliphatic carbocycles. The molecule has 3 rings (SSSR count). The molecule has 0 unspecified atom stereocenters. The fraction of sp³-hybridized carbons (Fsp3) is 0.136. The molecule has 0 atom stereocenters. The molecule has 0 fully saturated rings. The lowest BCUT2D eigenvalue weighted by atomic mass is 10.0. The van der Waals surface area contributed by atoms with Crippen molar-refractivity contribution in [3.05, 3.63) is 79.7 Å². The zero-order chi connectivity index (χ0) is 23.6. The zero-order valence-corrected chi connectivity index (χ0v) is 18.2. The molecule has 0 aliphatic rings. The van der Waals surface area contributed by atoms with E-state index in [1.165, 1.54) is 11.3 Å². The van der Waals surface area contributed by atoms with Crippen LogP contribution < -0.4 is 5.43 Å². The van der Waals surface area contributed by atoms with Gasteiger partial charge < -0.3 is 10.2 Å². The Labute approximate surface area is 186 Å². The zero-order valence-electron chi connectivity index (χ0n) is 17.4. The van der Waals surface area contributed by atoms with Gasteiger partial charge >= 0.3 is 5.97 Å². The maximum absolute atomic E-state index is 12.4. The van der Waals surface area contributed by atoms with Crippen LogP contribution in [0.5, 0.6) is 5.75 Å². The van der Waals surface area contributed by atoms with Crippen LogP contribution in [0.2, 0.25) is 0 Å². The average Bonchev–Trinajstić information content (AvgIpc) is 3.14. The Morgan fingerprint density at radius 2 is 1.81 bits per heavy atom. The summed E-state index contributed by atoms with van der Waals surface area (Å²) in [7, 11) is 0. The molecule has 2 aromatic carbocycles. The van der Waals surface area contributed by atoms with Gasteiger partial charge in [-0.3, -0.25) is 14.9 Å². The van der Waals surface area contributed by atoms with Crippen LogP contribution in [0.25, 0.3) is 10.4 Å². The topological polar surface area (TPSA) is 142 Å². The molecular formula is C22H19N3O6S. The summed E-state index contributed by atoms with van der Waals surface area (Å²) in [5.41, 5.74) is 4.81. The second-order valence-electron chi connectivity index (χ2n) is 7.06. The summed E-state index contributed by atoms with van der Waals surface area (Å²) in [4.78, 5) is 34.4. The molecule has 9 nitrogen and oxygen atoms in total. The molecule has 164 valence electrons. The highest BCUT2D eigenvalue weighted by Gasteiger charge is 2.22. The van der Waals surface area contributed by atoms with E-state index in [-0.39, 0.29) is 11.3 Å². The number of nitrogens with zero attached hydrogens (tertiary/aromatic N) is 2. The number of nitrogens with one attached hydrogen (secondary N) is 1. The van der Waals surface area contributed by atoms with E-state index in [0.717, 1.165) is 34.9 Å². The van der Waals surface area contributed by atoms with Crippen LogP contribution in [0.15, 0.2) is 46.9 Å². The van der Waals surface area contributed by atoms with E-state index in [1.54, 1.807) is 12.3 Å². The quantitative estimate of drug-likeness (QED) is 0.285. The number of rotatable bonds is 6. The normalized spacial score (nSPS) is 11.3. The molecule has 0 radical (unpaired) electrons. The number of carbonyl (C=O) groups is 2. The first-order chi connectivity index (χ1) is 15.1. The number of thiophene rings is 1. The van der Waals surface area contributed by atoms with Gasteiger partial charge in [-0.1, -0.05) is 18.2 Å². The minimum Gasteiger partial charge on any atom is -0.506 e. The van der Waals surface area contributed by atoms with E-state index in [1.807, 2.05) is 32.0 Å². The summed E-state index contributed by atoms with van der Waals surface area (Å²) in [6.45, 7) is 5.59. The molecule has 0 aliphatic heterocycles. The molecule has 0 saturated carbocycles. The third kappa shape index (κ3) is 4.49. The summed E-state index contributed by atoms with van der Waals surface area (Å²) >= 11 is 1.34. The van der Waals surface area contributed by atoms with Crippen LogP contribution in [-0.2, 0) is 0 Å². The highest BCUT2D eigenvalue weighted by atomic mass is 32.1. The van der Waals surface area contributed by atoms with Crippen LogP contribution >= 0.6 is 11.3 Å². The van der Waals surface area contributed by atoms with Gasteiger partial charge in [0.15, 0.2) is 0 Å². The Morgan fingerprint density at radius 1 is 1.09 bits per heavy atom. The van der Waals surface area contributed by atoms with Gasteiger partial charge in [-0.2, -0.15) is 5.10 Å². The number of carboxylic acids is 1. The lowest BCUT2D eigenvalue weighted by Gasteiger charge is -2.06. The summed E-state index contributed by atoms with van der Waals surface area (Å²) in [5.74, 6) is -2.19. The van der Waals surface area contributed by atoms with Crippen LogP contribution in [0.3, 0.4) is 0 Å². The molecule has 32 heavy (non-hydrogen) atoms. The number of hydrogen-bond acceptors (Lipinski definition) is 7. The van der Waals surface area contributed by atoms with Gasteiger partial charge in [0.05, 0.1) is 21.1 Å². The van der Waals surface area contributed by atoms with Gasteiger partial charge in [-0.25, -0.2) is 10.2 Å². The molecule has 1 aromatic heterocycles. The second kappa shape index (κ2) is 8.98. The number of aryl methyl sites for hydroxylation is 2. The fourth-order valence-electron chi connectivity index (χ4n) is 2.96. The van der Waals surface area contributed by atoms with Crippen LogP contribution in [-0.4, -0.2) is 32.7 Å². The lowest BCUT2D eigenvalue weighted by Crippen LogP contribution is -2.19. The SMILES string of the molecule is C/C(=N\NC(=O)c1ccc(C(=O)O)c([N+](=O)[O-])c1)c1csc(-c2ccc(C)c(C)c2)c1O. The Morgan fingerprint density at radius 3 is 2.44 bits per heavy atom. The molecule has 1 heterocycles. The van der Waals surface area contributed by atoms with Crippen molar-refractivity contribution in [3.63, 3.8) is 0 Å². The van der Waals surface area contributed by atoms with E-state index < -0.39 is 28.1 Å². The molecule has 0 bridgehead atoms. The van der Waals surface area contributed by atoms with E-state index in [4.69, 9.17) is 5.11 Å². The number of nitro benzene ring substituents is 1. The van der Waals surface area contributed by atoms with Crippen LogP contribution in [0, 0.1) is 24.0 Å². The number of carbonyl (C=O) groups excluding carboxylic acids is 1. The van der Waals surface area contributed by atoms with Crippen molar-refractivity contribution in [3.8, 4) is 16.2 Å². The standard InChI is InChI=1S/C22H19N3O6S/c1-11-4-5-14(8-12(11)2)20-19(26)17(10-32-20)13(3)23-24-21(27)15-6-7-16(22(28)29)18(9-15)25(30)31/h4-10,26H,1-3H3,(H,24,27)(H,28,29)/b23-13+. The number of aromatic carboxylic acids is 1. The number of nitro groups is 1. The van der Waals surface area contributed by atoms with E-state index in [2.05, 4.69) is 10.5 Å². The fourth-order valence-corrected chi connectivity index (χ4v) is 3.96. The minimum atomic E-state index is -1.47. The molecule has 1 amide bonds. The summed E-state index contributed by atoms with van der Waals surface area (Å²) in [6, 6.07) is 8.90. The van der Waals surface area contributed by atoms with Crippen molar-refractivity contribution in [2.75, 3.05) is 0 Å². The second-order valence-corrected chi connectivity index (χ2v) is 7.94. The largest absolute Gasteiger partial charge is 0.506 e. The number of hydrogen-bond donors (Lipinski definition) is 3. The molecule has 0 saturated heterocycles. The van der Waals surface area contributed by atoms with E-state index in [0.29, 0.717) is 16.2 Å². The van der Waals surface area contributed by atoms with Gasteiger partial charge in [-0.05, 0) is 49.6 Å². The Kier molecular flexibility index (Phi) is 6.35. The monoisotopic (exact) mass is 453 g/mol. The Hall–Kier alpha value is -4.05. The first-order valence-corrected chi connectivity index (χ1v) is 10.2. The number of carboxylic acid groups (broad SMARTS) is 1. The van der Waals surface area contributed by atoms with Crippen LogP contribution in [0.4, 0.5) is 5.69 Å². The maximum Gasteiger partial charge on any atom is 0.342 e. The van der Waals surface area contributed by atoms with Gasteiger partial charge in [0.25, 0.3) is 11.6 Å². The van der Waals surface area contributed by atoms with Gasteiger partial charge in [0.1, 0.15) is 11.3 Å². The maximum atomic E-state index is 12.4. The van der Waals surface area contributed by atoms with Gasteiger partial charge in [0, 0.05) is 17.0 Å². The highest BCUT2D eigenvalue weighted by molar-refractivity contribution is 7.14. The highest BCUT2D eigenvalue weighted by Crippen LogP contribution is 2.39. The van der Waals surface area contributed by atoms with E-state index >= 15 is 0 Å². The van der Waals surface area contributed by atoms with Crippen molar-refractivity contribution >= 4 is 34.6 Å². The third-order valence-electron chi connectivity index (χ3n) is 4.94. The van der Waals surface area contributed by atoms with Crippen molar-refractivity contribution in [1.82, 2.24) is 5.43 Å². The smallest absolute Gasteiger partial charge is 0.342 e. The molecule has 3 N–H and O–H groups in total. The number of hydrazone groups is 1. The van der Waals surface area contributed by atoms with Gasteiger partial charge in [0.2, 0.25) is 0 Å². The van der Waals surface area contributed by atoms with Crippen molar-refractivity contribution in [1.29, 1.82) is 0 Å². The lowest BCUT2D eigenvalue weighted by molar-refractivity contribution is -0.385. The van der Waals surface area contributed by atoms with Crippen LogP contribution in [0.1, 0.15) is 44.3 Å². The summed E-state index contributed by atoms with van der Waals surface area (Å²) in [5, 5.41) is 36.5. The average molecular weight is 453 g/mol. The van der Waals surface area contributed by atoms with Crippen molar-refractivity contribution < 1.29 is 24.7 Å². The summed E-state index contributed by atoms with van der Waals surface area (Å²) < 4.78 is 0. The van der Waals surface area contributed by atoms with Gasteiger partial charge in [-0.15, -0.1) is 11.3 Å². The Balaban J connectivity index is 1.83.